The number of fused-ring (bicyclic) bond motifs is 1. The van der Waals surface area contributed by atoms with E-state index in [1.165, 1.54) is 18.4 Å². The Morgan fingerprint density at radius 1 is 1.30 bits per heavy atom. The molecule has 2 aromatic heterocycles. The van der Waals surface area contributed by atoms with E-state index in [0.717, 1.165) is 28.7 Å². The van der Waals surface area contributed by atoms with Gasteiger partial charge < -0.3 is 10.1 Å². The number of nitrogens with one attached hydrogen (secondary N) is 1. The van der Waals surface area contributed by atoms with Crippen LogP contribution in [0, 0.1) is 6.92 Å². The van der Waals surface area contributed by atoms with Gasteiger partial charge in [0.25, 0.3) is 5.91 Å². The molecule has 0 atom stereocenters. The molecule has 0 radical (unpaired) electrons. The number of nitrogens with zero attached hydrogens (tertiary/aromatic N) is 3. The third-order valence-corrected chi connectivity index (χ3v) is 4.89. The maximum absolute atomic E-state index is 12.0. The summed E-state index contributed by atoms with van der Waals surface area (Å²) in [6, 6.07) is 12.0. The van der Waals surface area contributed by atoms with E-state index in [0.29, 0.717) is 18.3 Å². The van der Waals surface area contributed by atoms with E-state index in [1.807, 2.05) is 55.1 Å². The largest absolute Gasteiger partial charge is 0.468 e. The number of rotatable bonds is 7. The number of aryl methyl sites for hydroxylation is 2. The number of hydrogen-bond acceptors (Lipinski definition) is 4. The number of ether oxygens (including phenoxy) is 1. The van der Waals surface area contributed by atoms with Crippen molar-refractivity contribution in [1.82, 2.24) is 20.1 Å². The van der Waals surface area contributed by atoms with Crippen molar-refractivity contribution in [2.75, 3.05) is 13.2 Å². The lowest BCUT2D eigenvalue weighted by Crippen LogP contribution is -2.30. The number of amides is 1. The topological polar surface area (TPSA) is 69.0 Å². The smallest absolute Gasteiger partial charge is 0.258 e. The van der Waals surface area contributed by atoms with Gasteiger partial charge in [-0.3, -0.25) is 9.48 Å². The summed E-state index contributed by atoms with van der Waals surface area (Å²) in [7, 11) is 1.90. The van der Waals surface area contributed by atoms with Gasteiger partial charge in [-0.05, 0) is 37.3 Å². The van der Waals surface area contributed by atoms with Crippen LogP contribution in [0.25, 0.3) is 11.0 Å². The minimum absolute atomic E-state index is 0.0416. The average molecular weight is 364 g/mol. The van der Waals surface area contributed by atoms with Crippen molar-refractivity contribution in [2.24, 2.45) is 7.05 Å². The fourth-order valence-electron chi connectivity index (χ4n) is 3.33. The van der Waals surface area contributed by atoms with E-state index in [-0.39, 0.29) is 12.5 Å². The van der Waals surface area contributed by atoms with Crippen LogP contribution in [0.15, 0.2) is 36.4 Å². The van der Waals surface area contributed by atoms with Crippen LogP contribution in [0.5, 0.6) is 5.88 Å². The predicted molar refractivity (Wildman–Crippen MR) is 104 cm³/mol. The summed E-state index contributed by atoms with van der Waals surface area (Å²) in [4.78, 5) is 16.6. The summed E-state index contributed by atoms with van der Waals surface area (Å²) in [5.74, 6) is 0.883. The third kappa shape index (κ3) is 3.94. The SMILES string of the molecule is Cc1cc(OCC(=O)NCCc2ccccc2)nc2c1c(C1CC1)nn2C. The number of carbonyl (C=O) groups excluding carboxylic acids is 1. The van der Waals surface area contributed by atoms with Gasteiger partial charge in [0.15, 0.2) is 12.3 Å². The van der Waals surface area contributed by atoms with Crippen LogP contribution in [0.3, 0.4) is 0 Å². The normalized spacial score (nSPS) is 13.7. The van der Waals surface area contributed by atoms with E-state index in [4.69, 9.17) is 4.74 Å². The molecule has 1 amide bonds. The minimum atomic E-state index is -0.144. The maximum atomic E-state index is 12.0. The van der Waals surface area contributed by atoms with Gasteiger partial charge >= 0.3 is 0 Å². The first-order valence-electron chi connectivity index (χ1n) is 9.39. The van der Waals surface area contributed by atoms with Gasteiger partial charge in [0, 0.05) is 31.0 Å². The predicted octanol–water partition coefficient (Wildman–Crippen LogP) is 2.89. The summed E-state index contributed by atoms with van der Waals surface area (Å²) in [6.07, 6.45) is 3.20. The Bertz CT molecular complexity index is 961. The summed E-state index contributed by atoms with van der Waals surface area (Å²) >= 11 is 0. The Kier molecular flexibility index (Phi) is 4.79. The van der Waals surface area contributed by atoms with Crippen LogP contribution in [0.4, 0.5) is 0 Å². The molecule has 3 aromatic rings. The molecule has 0 unspecified atom stereocenters. The van der Waals surface area contributed by atoms with Gasteiger partial charge in [0.1, 0.15) is 0 Å². The van der Waals surface area contributed by atoms with Crippen LogP contribution >= 0.6 is 0 Å². The van der Waals surface area contributed by atoms with E-state index in [2.05, 4.69) is 15.4 Å². The molecule has 0 bridgehead atoms. The molecule has 1 saturated carbocycles. The van der Waals surface area contributed by atoms with Gasteiger partial charge in [-0.15, -0.1) is 0 Å². The molecular formula is C21H24N4O2. The van der Waals surface area contributed by atoms with Crippen LogP contribution in [0.2, 0.25) is 0 Å². The zero-order valence-electron chi connectivity index (χ0n) is 15.7. The van der Waals surface area contributed by atoms with Gasteiger partial charge in [0.05, 0.1) is 5.69 Å². The minimum Gasteiger partial charge on any atom is -0.468 e. The highest BCUT2D eigenvalue weighted by Crippen LogP contribution is 2.43. The van der Waals surface area contributed by atoms with Crippen molar-refractivity contribution < 1.29 is 9.53 Å². The van der Waals surface area contributed by atoms with Crippen LogP contribution < -0.4 is 10.1 Å². The average Bonchev–Trinajstić information content (AvgIpc) is 3.45. The number of benzene rings is 1. The Balaban J connectivity index is 1.36. The summed E-state index contributed by atoms with van der Waals surface area (Å²) < 4.78 is 7.44. The monoisotopic (exact) mass is 364 g/mol. The first-order valence-corrected chi connectivity index (χ1v) is 9.39. The van der Waals surface area contributed by atoms with E-state index >= 15 is 0 Å². The highest BCUT2D eigenvalue weighted by atomic mass is 16.5. The van der Waals surface area contributed by atoms with Crippen LogP contribution in [-0.4, -0.2) is 33.8 Å². The Hall–Kier alpha value is -2.89. The van der Waals surface area contributed by atoms with Crippen molar-refractivity contribution >= 4 is 16.9 Å². The molecule has 1 aromatic carbocycles. The number of pyridine rings is 1. The van der Waals surface area contributed by atoms with E-state index < -0.39 is 0 Å². The molecule has 6 nitrogen and oxygen atoms in total. The number of carbonyl (C=O) groups is 1. The molecule has 1 N–H and O–H groups in total. The summed E-state index contributed by atoms with van der Waals surface area (Å²) in [6.45, 7) is 2.59. The zero-order chi connectivity index (χ0) is 18.8. The van der Waals surface area contributed by atoms with Gasteiger partial charge in [-0.1, -0.05) is 30.3 Å². The number of hydrogen-bond donors (Lipinski definition) is 1. The first kappa shape index (κ1) is 17.5. The molecule has 27 heavy (non-hydrogen) atoms. The Morgan fingerprint density at radius 3 is 2.81 bits per heavy atom. The lowest BCUT2D eigenvalue weighted by atomic mass is 10.1. The second-order valence-corrected chi connectivity index (χ2v) is 7.13. The molecule has 140 valence electrons. The Morgan fingerprint density at radius 2 is 2.07 bits per heavy atom. The van der Waals surface area contributed by atoms with Gasteiger partial charge in [-0.2, -0.15) is 10.1 Å². The van der Waals surface area contributed by atoms with Crippen LogP contribution in [-0.2, 0) is 18.3 Å². The summed E-state index contributed by atoms with van der Waals surface area (Å²) in [5.41, 5.74) is 4.25. The van der Waals surface area contributed by atoms with Crippen molar-refractivity contribution in [3.63, 3.8) is 0 Å². The van der Waals surface area contributed by atoms with Crippen molar-refractivity contribution in [2.45, 2.75) is 32.1 Å². The van der Waals surface area contributed by atoms with E-state index in [1.54, 1.807) is 0 Å². The lowest BCUT2D eigenvalue weighted by molar-refractivity contribution is -0.123. The first-order chi connectivity index (χ1) is 13.1. The summed E-state index contributed by atoms with van der Waals surface area (Å²) in [5, 5.41) is 8.64. The second kappa shape index (κ2) is 7.39. The molecule has 4 rings (SSSR count). The fourth-order valence-corrected chi connectivity index (χ4v) is 3.33. The zero-order valence-corrected chi connectivity index (χ0v) is 15.7. The number of aromatic nitrogens is 3. The van der Waals surface area contributed by atoms with Gasteiger partial charge in [0.2, 0.25) is 5.88 Å². The molecule has 0 spiro atoms. The molecule has 0 saturated heterocycles. The molecule has 1 aliphatic rings. The quantitative estimate of drug-likeness (QED) is 0.700. The second-order valence-electron chi connectivity index (χ2n) is 7.13. The Labute approximate surface area is 158 Å². The van der Waals surface area contributed by atoms with Crippen molar-refractivity contribution in [3.8, 4) is 5.88 Å². The standard InChI is InChI=1S/C21H24N4O2/c1-14-12-18(23-21-19(14)20(16-8-9-16)24-25(21)2)27-13-17(26)22-11-10-15-6-4-3-5-7-15/h3-7,12,16H,8-11,13H2,1-2H3,(H,22,26). The third-order valence-electron chi connectivity index (χ3n) is 4.89. The fraction of sp³-hybridized carbons (Fsp3) is 0.381. The maximum Gasteiger partial charge on any atom is 0.258 e. The molecule has 2 heterocycles. The van der Waals surface area contributed by atoms with Gasteiger partial charge in [-0.25, -0.2) is 0 Å². The van der Waals surface area contributed by atoms with Crippen molar-refractivity contribution in [1.29, 1.82) is 0 Å². The molecule has 6 heteroatoms. The lowest BCUT2D eigenvalue weighted by Gasteiger charge is -2.08. The van der Waals surface area contributed by atoms with E-state index in [9.17, 15) is 4.79 Å². The molecule has 0 aliphatic heterocycles. The molecule has 1 aliphatic carbocycles. The highest BCUT2D eigenvalue weighted by Gasteiger charge is 2.30. The van der Waals surface area contributed by atoms with Crippen molar-refractivity contribution in [3.05, 3.63) is 53.2 Å². The molecular weight excluding hydrogens is 340 g/mol. The van der Waals surface area contributed by atoms with Crippen LogP contribution in [0.1, 0.15) is 35.6 Å². The molecule has 1 fully saturated rings. The highest BCUT2D eigenvalue weighted by molar-refractivity contribution is 5.84.